The molecule has 6 heteroatoms. The molecule has 5 nitrogen and oxygen atoms in total. The third-order valence-electron chi connectivity index (χ3n) is 5.21. The first kappa shape index (κ1) is 25.0. The number of benzene rings is 1. The van der Waals surface area contributed by atoms with Gasteiger partial charge in [-0.3, -0.25) is 4.99 Å². The Morgan fingerprint density at radius 2 is 2.07 bits per heavy atom. The predicted octanol–water partition coefficient (Wildman–Crippen LogP) is 4.22. The number of nitrogens with one attached hydrogen (secondary N) is 2. The molecule has 0 amide bonds. The van der Waals surface area contributed by atoms with Crippen LogP contribution in [-0.2, 0) is 0 Å². The van der Waals surface area contributed by atoms with Gasteiger partial charge in [0, 0.05) is 32.2 Å². The van der Waals surface area contributed by atoms with Crippen molar-refractivity contribution >= 4 is 29.9 Å². The van der Waals surface area contributed by atoms with Crippen LogP contribution in [0.3, 0.4) is 0 Å². The molecular formula is C22H39IN4O. The minimum Gasteiger partial charge on any atom is -0.496 e. The number of likely N-dealkylation sites (tertiary alicyclic amines) is 1. The Bertz CT molecular complexity index is 621. The summed E-state index contributed by atoms with van der Waals surface area (Å²) in [6, 6.07) is 6.41. The number of ether oxygens (including phenoxy) is 1. The maximum absolute atomic E-state index is 5.53. The average molecular weight is 502 g/mol. The van der Waals surface area contributed by atoms with Crippen molar-refractivity contribution in [2.75, 3.05) is 40.3 Å². The fraction of sp³-hybridized carbons (Fsp3) is 0.682. The standard InChI is InChI=1S/C22H38N4O.HI/c1-16(2)14-26-11-7-8-19(15-26)13-24-22(23-5)25-18(4)20-12-17(3)9-10-21(20)27-6;/h9-10,12,16,18-19H,7-8,11,13-15H2,1-6H3,(H2,23,24,25);1H. The molecule has 0 saturated carbocycles. The second-order valence-corrected chi connectivity index (χ2v) is 8.23. The SMILES string of the molecule is CN=C(NCC1CCCN(CC(C)C)C1)NC(C)c1cc(C)ccc1OC.I. The lowest BCUT2D eigenvalue weighted by Crippen LogP contribution is -2.45. The molecule has 1 saturated heterocycles. The van der Waals surface area contributed by atoms with Gasteiger partial charge in [0.2, 0.25) is 0 Å². The Kier molecular flexibility index (Phi) is 11.2. The number of halogens is 1. The van der Waals surface area contributed by atoms with Gasteiger partial charge in [0.15, 0.2) is 5.96 Å². The van der Waals surface area contributed by atoms with Gasteiger partial charge in [0.05, 0.1) is 13.2 Å². The van der Waals surface area contributed by atoms with Gasteiger partial charge in [0.1, 0.15) is 5.75 Å². The van der Waals surface area contributed by atoms with Crippen molar-refractivity contribution in [3.63, 3.8) is 0 Å². The average Bonchev–Trinajstić information content (AvgIpc) is 2.64. The molecule has 28 heavy (non-hydrogen) atoms. The highest BCUT2D eigenvalue weighted by Gasteiger charge is 2.21. The first-order valence-corrected chi connectivity index (χ1v) is 10.3. The van der Waals surface area contributed by atoms with E-state index in [1.165, 1.54) is 38.0 Å². The highest BCUT2D eigenvalue weighted by molar-refractivity contribution is 14.0. The normalized spacial score (nSPS) is 19.1. The summed E-state index contributed by atoms with van der Waals surface area (Å²) >= 11 is 0. The number of aliphatic imine (C=N–C) groups is 1. The second-order valence-electron chi connectivity index (χ2n) is 8.23. The molecular weight excluding hydrogens is 463 g/mol. The van der Waals surface area contributed by atoms with Crippen molar-refractivity contribution in [3.05, 3.63) is 29.3 Å². The van der Waals surface area contributed by atoms with E-state index in [-0.39, 0.29) is 30.0 Å². The van der Waals surface area contributed by atoms with E-state index in [9.17, 15) is 0 Å². The summed E-state index contributed by atoms with van der Waals surface area (Å²) in [6.45, 7) is 13.4. The number of hydrogen-bond acceptors (Lipinski definition) is 3. The summed E-state index contributed by atoms with van der Waals surface area (Å²) in [6.07, 6.45) is 2.59. The number of aryl methyl sites for hydroxylation is 1. The van der Waals surface area contributed by atoms with E-state index in [2.05, 4.69) is 60.4 Å². The molecule has 1 aromatic carbocycles. The molecule has 2 N–H and O–H groups in total. The fourth-order valence-electron chi connectivity index (χ4n) is 3.91. The summed E-state index contributed by atoms with van der Waals surface area (Å²) in [4.78, 5) is 7.03. The minimum atomic E-state index is 0. The lowest BCUT2D eigenvalue weighted by atomic mass is 9.97. The second kappa shape index (κ2) is 12.5. The highest BCUT2D eigenvalue weighted by Crippen LogP contribution is 2.26. The van der Waals surface area contributed by atoms with Crippen LogP contribution in [-0.4, -0.2) is 51.2 Å². The van der Waals surface area contributed by atoms with E-state index in [0.29, 0.717) is 5.92 Å². The molecule has 0 spiro atoms. The zero-order chi connectivity index (χ0) is 19.8. The smallest absolute Gasteiger partial charge is 0.191 e. The first-order chi connectivity index (χ1) is 12.9. The van der Waals surface area contributed by atoms with Gasteiger partial charge < -0.3 is 20.3 Å². The molecule has 1 aromatic rings. The van der Waals surface area contributed by atoms with E-state index in [0.717, 1.165) is 29.7 Å². The Morgan fingerprint density at radius 1 is 1.32 bits per heavy atom. The lowest BCUT2D eigenvalue weighted by Gasteiger charge is -2.34. The van der Waals surface area contributed by atoms with E-state index in [1.807, 2.05) is 13.1 Å². The molecule has 0 aromatic heterocycles. The quantitative estimate of drug-likeness (QED) is 0.333. The monoisotopic (exact) mass is 502 g/mol. The molecule has 2 atom stereocenters. The third kappa shape index (κ3) is 7.78. The number of guanidine groups is 1. The van der Waals surface area contributed by atoms with Crippen molar-refractivity contribution in [1.29, 1.82) is 0 Å². The molecule has 0 radical (unpaired) electrons. The molecule has 160 valence electrons. The van der Waals surface area contributed by atoms with E-state index >= 15 is 0 Å². The van der Waals surface area contributed by atoms with Crippen LogP contribution in [0.25, 0.3) is 0 Å². The minimum absolute atomic E-state index is 0. The van der Waals surface area contributed by atoms with Crippen molar-refractivity contribution in [2.24, 2.45) is 16.8 Å². The number of nitrogens with zero attached hydrogens (tertiary/aromatic N) is 2. The maximum atomic E-state index is 5.53. The number of piperidine rings is 1. The number of hydrogen-bond donors (Lipinski definition) is 2. The van der Waals surface area contributed by atoms with Gasteiger partial charge in [-0.2, -0.15) is 0 Å². The van der Waals surface area contributed by atoms with E-state index < -0.39 is 0 Å². The van der Waals surface area contributed by atoms with Crippen LogP contribution in [0.4, 0.5) is 0 Å². The zero-order valence-corrected chi connectivity index (χ0v) is 20.7. The summed E-state index contributed by atoms with van der Waals surface area (Å²) < 4.78 is 5.53. The largest absolute Gasteiger partial charge is 0.496 e. The van der Waals surface area contributed by atoms with Crippen LogP contribution in [0.5, 0.6) is 5.75 Å². The molecule has 1 aliphatic heterocycles. The Labute approximate surface area is 188 Å². The van der Waals surface area contributed by atoms with Gasteiger partial charge in [-0.05, 0) is 51.1 Å². The summed E-state index contributed by atoms with van der Waals surface area (Å²) in [7, 11) is 3.56. The van der Waals surface area contributed by atoms with E-state index in [4.69, 9.17) is 4.74 Å². The fourth-order valence-corrected chi connectivity index (χ4v) is 3.91. The van der Waals surface area contributed by atoms with Crippen LogP contribution in [0.2, 0.25) is 0 Å². The Morgan fingerprint density at radius 3 is 2.71 bits per heavy atom. The molecule has 1 fully saturated rings. The molecule has 1 heterocycles. The summed E-state index contributed by atoms with van der Waals surface area (Å²) in [5, 5.41) is 7.05. The van der Waals surface area contributed by atoms with Crippen molar-refractivity contribution in [2.45, 2.75) is 46.6 Å². The lowest BCUT2D eigenvalue weighted by molar-refractivity contribution is 0.159. The molecule has 2 rings (SSSR count). The van der Waals surface area contributed by atoms with Gasteiger partial charge in [-0.1, -0.05) is 31.5 Å². The van der Waals surface area contributed by atoms with Crippen molar-refractivity contribution < 1.29 is 4.74 Å². The van der Waals surface area contributed by atoms with Crippen LogP contribution in [0.1, 0.15) is 50.8 Å². The molecule has 0 bridgehead atoms. The van der Waals surface area contributed by atoms with Gasteiger partial charge in [-0.25, -0.2) is 0 Å². The van der Waals surface area contributed by atoms with Gasteiger partial charge in [0.25, 0.3) is 0 Å². The van der Waals surface area contributed by atoms with Crippen molar-refractivity contribution in [3.8, 4) is 5.75 Å². The predicted molar refractivity (Wildman–Crippen MR) is 130 cm³/mol. The van der Waals surface area contributed by atoms with Crippen LogP contribution in [0.15, 0.2) is 23.2 Å². The number of rotatable bonds is 7. The van der Waals surface area contributed by atoms with Crippen LogP contribution < -0.4 is 15.4 Å². The summed E-state index contributed by atoms with van der Waals surface area (Å²) in [5.74, 6) is 3.18. The Hall–Kier alpha value is -1.02. The number of methoxy groups -OCH3 is 1. The first-order valence-electron chi connectivity index (χ1n) is 10.3. The molecule has 2 unspecified atom stereocenters. The molecule has 0 aliphatic carbocycles. The van der Waals surface area contributed by atoms with Crippen molar-refractivity contribution in [1.82, 2.24) is 15.5 Å². The van der Waals surface area contributed by atoms with Crippen LogP contribution in [0, 0.1) is 18.8 Å². The van der Waals surface area contributed by atoms with Gasteiger partial charge in [-0.15, -0.1) is 24.0 Å². The molecule has 1 aliphatic rings. The topological polar surface area (TPSA) is 48.9 Å². The summed E-state index contributed by atoms with van der Waals surface area (Å²) in [5.41, 5.74) is 2.39. The van der Waals surface area contributed by atoms with E-state index in [1.54, 1.807) is 7.11 Å². The maximum Gasteiger partial charge on any atom is 0.191 e. The zero-order valence-electron chi connectivity index (χ0n) is 18.4. The Balaban J connectivity index is 0.00000392. The van der Waals surface area contributed by atoms with Crippen LogP contribution >= 0.6 is 24.0 Å². The third-order valence-corrected chi connectivity index (χ3v) is 5.21. The van der Waals surface area contributed by atoms with Gasteiger partial charge >= 0.3 is 0 Å². The highest BCUT2D eigenvalue weighted by atomic mass is 127.